The summed E-state index contributed by atoms with van der Waals surface area (Å²) in [6, 6.07) is 1.32. The minimum Gasteiger partial charge on any atom is -0.329 e. The first-order chi connectivity index (χ1) is 8.63. The first kappa shape index (κ1) is 13.9. The van der Waals surface area contributed by atoms with Crippen molar-refractivity contribution >= 4 is 11.8 Å². The summed E-state index contributed by atoms with van der Waals surface area (Å²) < 4.78 is 2.02. The fraction of sp³-hybridized carbons (Fsp3) is 0.769. The summed E-state index contributed by atoms with van der Waals surface area (Å²) in [5, 5.41) is 4.43. The monoisotopic (exact) mass is 268 g/mol. The van der Waals surface area contributed by atoms with E-state index in [1.807, 2.05) is 22.6 Å². The van der Waals surface area contributed by atoms with E-state index < -0.39 is 0 Å². The first-order valence-corrected chi connectivity index (χ1v) is 7.86. The van der Waals surface area contributed by atoms with E-state index in [2.05, 4.69) is 37.0 Å². The molecule has 0 spiro atoms. The van der Waals surface area contributed by atoms with Crippen LogP contribution in [0.15, 0.2) is 12.4 Å². The summed E-state index contributed by atoms with van der Waals surface area (Å²) in [7, 11) is 0. The molecule has 0 aromatic carbocycles. The SMILES string of the molecule is CC1CSCCN1C(CN)c1cnn(C(C)C)c1. The molecular weight excluding hydrogens is 244 g/mol. The van der Waals surface area contributed by atoms with Gasteiger partial charge in [0.25, 0.3) is 0 Å². The molecule has 102 valence electrons. The Kier molecular flexibility index (Phi) is 4.70. The van der Waals surface area contributed by atoms with Crippen molar-refractivity contribution in [3.8, 4) is 0 Å². The van der Waals surface area contributed by atoms with Crippen LogP contribution in [0.3, 0.4) is 0 Å². The Hall–Kier alpha value is -0.520. The number of hydrogen-bond donors (Lipinski definition) is 1. The van der Waals surface area contributed by atoms with Crippen LogP contribution in [0.4, 0.5) is 0 Å². The predicted octanol–water partition coefficient (Wildman–Crippen LogP) is 1.90. The van der Waals surface area contributed by atoms with Crippen LogP contribution in [-0.2, 0) is 0 Å². The molecule has 1 aliphatic rings. The van der Waals surface area contributed by atoms with Crippen molar-refractivity contribution in [1.82, 2.24) is 14.7 Å². The molecular formula is C13H24N4S. The summed E-state index contributed by atoms with van der Waals surface area (Å²) in [5.74, 6) is 2.41. The lowest BCUT2D eigenvalue weighted by Gasteiger charge is -2.38. The van der Waals surface area contributed by atoms with Gasteiger partial charge in [-0.15, -0.1) is 0 Å². The molecule has 2 unspecified atom stereocenters. The fourth-order valence-electron chi connectivity index (χ4n) is 2.47. The van der Waals surface area contributed by atoms with Crippen LogP contribution in [0.1, 0.15) is 38.4 Å². The van der Waals surface area contributed by atoms with Crippen LogP contribution >= 0.6 is 11.8 Å². The zero-order chi connectivity index (χ0) is 13.1. The summed E-state index contributed by atoms with van der Waals surface area (Å²) in [6.07, 6.45) is 4.13. The lowest BCUT2D eigenvalue weighted by Crippen LogP contribution is -2.45. The topological polar surface area (TPSA) is 47.1 Å². The molecule has 1 aromatic rings. The molecule has 1 saturated heterocycles. The molecule has 5 heteroatoms. The van der Waals surface area contributed by atoms with Crippen molar-refractivity contribution < 1.29 is 0 Å². The van der Waals surface area contributed by atoms with Crippen LogP contribution in [-0.4, -0.2) is 45.3 Å². The molecule has 18 heavy (non-hydrogen) atoms. The Morgan fingerprint density at radius 2 is 2.33 bits per heavy atom. The Morgan fingerprint density at radius 1 is 1.56 bits per heavy atom. The molecule has 0 amide bonds. The second-order valence-electron chi connectivity index (χ2n) is 5.26. The van der Waals surface area contributed by atoms with Crippen LogP contribution in [0.5, 0.6) is 0 Å². The molecule has 0 radical (unpaired) electrons. The summed E-state index contributed by atoms with van der Waals surface area (Å²) in [4.78, 5) is 2.53. The Balaban J connectivity index is 2.15. The molecule has 0 aliphatic carbocycles. The molecule has 0 bridgehead atoms. The van der Waals surface area contributed by atoms with E-state index in [-0.39, 0.29) is 0 Å². The van der Waals surface area contributed by atoms with E-state index in [4.69, 9.17) is 5.73 Å². The third kappa shape index (κ3) is 2.90. The maximum atomic E-state index is 6.00. The minimum absolute atomic E-state index is 0.313. The zero-order valence-corrected chi connectivity index (χ0v) is 12.4. The van der Waals surface area contributed by atoms with E-state index in [1.54, 1.807) is 0 Å². The van der Waals surface area contributed by atoms with Gasteiger partial charge < -0.3 is 5.73 Å². The van der Waals surface area contributed by atoms with Gasteiger partial charge in [0, 0.05) is 48.4 Å². The molecule has 4 nitrogen and oxygen atoms in total. The predicted molar refractivity (Wildman–Crippen MR) is 77.9 cm³/mol. The van der Waals surface area contributed by atoms with Gasteiger partial charge in [0.05, 0.1) is 12.2 Å². The molecule has 2 heterocycles. The summed E-state index contributed by atoms with van der Waals surface area (Å²) in [6.45, 7) is 8.38. The van der Waals surface area contributed by atoms with Crippen molar-refractivity contribution in [1.29, 1.82) is 0 Å². The second kappa shape index (κ2) is 6.08. The highest BCUT2D eigenvalue weighted by Crippen LogP contribution is 2.27. The first-order valence-electron chi connectivity index (χ1n) is 6.71. The quantitative estimate of drug-likeness (QED) is 0.906. The number of thioether (sulfide) groups is 1. The normalized spacial score (nSPS) is 23.5. The van der Waals surface area contributed by atoms with Gasteiger partial charge >= 0.3 is 0 Å². The minimum atomic E-state index is 0.313. The molecule has 1 aliphatic heterocycles. The third-order valence-electron chi connectivity index (χ3n) is 3.58. The maximum absolute atomic E-state index is 6.00. The van der Waals surface area contributed by atoms with E-state index >= 15 is 0 Å². The van der Waals surface area contributed by atoms with Crippen LogP contribution in [0.25, 0.3) is 0 Å². The van der Waals surface area contributed by atoms with E-state index in [0.717, 1.165) is 6.54 Å². The van der Waals surface area contributed by atoms with Crippen LogP contribution in [0, 0.1) is 0 Å². The molecule has 0 saturated carbocycles. The number of aromatic nitrogens is 2. The van der Waals surface area contributed by atoms with Gasteiger partial charge in [-0.25, -0.2) is 0 Å². The standard InChI is InChI=1S/C13H24N4S/c1-10(2)17-8-12(7-15-17)13(6-14)16-4-5-18-9-11(16)3/h7-8,10-11,13H,4-6,9,14H2,1-3H3. The van der Waals surface area contributed by atoms with Gasteiger partial charge in [-0.1, -0.05) is 0 Å². The van der Waals surface area contributed by atoms with Crippen LogP contribution in [0.2, 0.25) is 0 Å². The van der Waals surface area contributed by atoms with E-state index in [0.29, 0.717) is 24.7 Å². The smallest absolute Gasteiger partial charge is 0.0538 e. The van der Waals surface area contributed by atoms with Crippen molar-refractivity contribution in [2.45, 2.75) is 38.9 Å². The van der Waals surface area contributed by atoms with Crippen LogP contribution < -0.4 is 5.73 Å². The number of hydrogen-bond acceptors (Lipinski definition) is 4. The lowest BCUT2D eigenvalue weighted by molar-refractivity contribution is 0.166. The van der Waals surface area contributed by atoms with Crippen molar-refractivity contribution in [3.63, 3.8) is 0 Å². The second-order valence-corrected chi connectivity index (χ2v) is 6.41. The van der Waals surface area contributed by atoms with Crippen molar-refractivity contribution in [2.75, 3.05) is 24.6 Å². The van der Waals surface area contributed by atoms with Gasteiger partial charge in [0.15, 0.2) is 0 Å². The fourth-order valence-corrected chi connectivity index (χ4v) is 3.51. The lowest BCUT2D eigenvalue weighted by atomic mass is 10.1. The van der Waals surface area contributed by atoms with Gasteiger partial charge in [-0.05, 0) is 20.8 Å². The highest BCUT2D eigenvalue weighted by Gasteiger charge is 2.27. The number of rotatable bonds is 4. The number of nitrogens with zero attached hydrogens (tertiary/aromatic N) is 3. The molecule has 1 aromatic heterocycles. The largest absolute Gasteiger partial charge is 0.329 e. The molecule has 2 N–H and O–H groups in total. The molecule has 2 atom stereocenters. The Labute approximate surface area is 114 Å². The maximum Gasteiger partial charge on any atom is 0.0538 e. The van der Waals surface area contributed by atoms with Crippen molar-refractivity contribution in [3.05, 3.63) is 18.0 Å². The highest BCUT2D eigenvalue weighted by molar-refractivity contribution is 7.99. The van der Waals surface area contributed by atoms with Gasteiger partial charge in [-0.3, -0.25) is 9.58 Å². The summed E-state index contributed by atoms with van der Waals surface area (Å²) in [5.41, 5.74) is 7.25. The highest BCUT2D eigenvalue weighted by atomic mass is 32.2. The van der Waals surface area contributed by atoms with E-state index in [1.165, 1.54) is 17.1 Å². The summed E-state index contributed by atoms with van der Waals surface area (Å²) >= 11 is 2.04. The average Bonchev–Trinajstić information content (AvgIpc) is 2.82. The van der Waals surface area contributed by atoms with Gasteiger partial charge in [0.2, 0.25) is 0 Å². The van der Waals surface area contributed by atoms with Gasteiger partial charge in [0.1, 0.15) is 0 Å². The number of nitrogens with two attached hydrogens (primary N) is 1. The third-order valence-corrected chi connectivity index (χ3v) is 4.77. The van der Waals surface area contributed by atoms with Gasteiger partial charge in [-0.2, -0.15) is 16.9 Å². The average molecular weight is 268 g/mol. The molecule has 2 rings (SSSR count). The Morgan fingerprint density at radius 3 is 2.89 bits per heavy atom. The zero-order valence-electron chi connectivity index (χ0n) is 11.5. The van der Waals surface area contributed by atoms with E-state index in [9.17, 15) is 0 Å². The van der Waals surface area contributed by atoms with Crippen molar-refractivity contribution in [2.24, 2.45) is 5.73 Å². The Bertz CT molecular complexity index is 377. The molecule has 1 fully saturated rings.